The van der Waals surface area contributed by atoms with E-state index in [1.807, 2.05) is 6.92 Å². The number of carbonyl (C=O) groups excluding carboxylic acids is 1. The molecule has 1 aromatic rings. The Labute approximate surface area is 109 Å². The molecule has 1 aromatic carbocycles. The van der Waals surface area contributed by atoms with E-state index in [1.54, 1.807) is 0 Å². The molecule has 0 radical (unpaired) electrons. The Kier molecular flexibility index (Phi) is 4.62. The zero-order valence-electron chi connectivity index (χ0n) is 11.1. The lowest BCUT2D eigenvalue weighted by atomic mass is 9.98. The monoisotopic (exact) mass is 246 g/mol. The molecule has 0 unspecified atom stereocenters. The fraction of sp³-hybridized carbons (Fsp3) is 0.533. The number of rotatable bonds is 5. The van der Waals surface area contributed by atoms with Gasteiger partial charge in [0.1, 0.15) is 0 Å². The molecule has 98 valence electrons. The van der Waals surface area contributed by atoms with Gasteiger partial charge in [0, 0.05) is 25.2 Å². The highest BCUT2D eigenvalue weighted by molar-refractivity contribution is 5.75. The normalized spacial score (nSPS) is 13.6. The van der Waals surface area contributed by atoms with E-state index in [1.165, 1.54) is 29.7 Å². The molecule has 0 spiro atoms. The summed E-state index contributed by atoms with van der Waals surface area (Å²) in [5.74, 6) is 0.162. The summed E-state index contributed by atoms with van der Waals surface area (Å²) in [5, 5.41) is 6.45. The molecule has 1 aliphatic rings. The van der Waals surface area contributed by atoms with Gasteiger partial charge in [0.05, 0.1) is 0 Å². The highest BCUT2D eigenvalue weighted by Gasteiger charge is 2.11. The maximum atomic E-state index is 11.4. The van der Waals surface area contributed by atoms with Gasteiger partial charge in [0.25, 0.3) is 0 Å². The second-order valence-corrected chi connectivity index (χ2v) is 4.83. The van der Waals surface area contributed by atoms with E-state index in [-0.39, 0.29) is 5.91 Å². The van der Waals surface area contributed by atoms with Gasteiger partial charge < -0.3 is 10.6 Å². The standard InChI is InChI=1S/C15H22N2O/c1-2-5-14(18)16-11-9-13-7-3-6-12-8-4-10-17-15(12)13/h3,6-7,17H,2,4-5,8-11H2,1H3,(H,16,18). The molecular formula is C15H22N2O. The smallest absolute Gasteiger partial charge is 0.219 e. The molecule has 1 heterocycles. The third kappa shape index (κ3) is 3.25. The average molecular weight is 246 g/mol. The quantitative estimate of drug-likeness (QED) is 0.838. The number of anilines is 1. The molecule has 1 amide bonds. The van der Waals surface area contributed by atoms with Crippen molar-refractivity contribution in [3.63, 3.8) is 0 Å². The summed E-state index contributed by atoms with van der Waals surface area (Å²) in [6.07, 6.45) is 4.83. The molecule has 0 bridgehead atoms. The number of fused-ring (bicyclic) bond motifs is 1. The number of carbonyl (C=O) groups is 1. The number of hydrogen-bond acceptors (Lipinski definition) is 2. The van der Waals surface area contributed by atoms with Crippen LogP contribution in [0.3, 0.4) is 0 Å². The molecular weight excluding hydrogens is 224 g/mol. The van der Waals surface area contributed by atoms with Gasteiger partial charge in [0.15, 0.2) is 0 Å². The van der Waals surface area contributed by atoms with Crippen LogP contribution in [-0.2, 0) is 17.6 Å². The van der Waals surface area contributed by atoms with E-state index in [0.29, 0.717) is 6.42 Å². The van der Waals surface area contributed by atoms with Crippen molar-refractivity contribution < 1.29 is 4.79 Å². The Morgan fingerprint density at radius 3 is 3.17 bits per heavy atom. The summed E-state index contributed by atoms with van der Waals surface area (Å²) in [6, 6.07) is 6.47. The molecule has 2 N–H and O–H groups in total. The summed E-state index contributed by atoms with van der Waals surface area (Å²) in [7, 11) is 0. The number of benzene rings is 1. The van der Waals surface area contributed by atoms with Crippen LogP contribution >= 0.6 is 0 Å². The average Bonchev–Trinajstić information content (AvgIpc) is 2.39. The third-order valence-corrected chi connectivity index (χ3v) is 3.36. The molecule has 3 nitrogen and oxygen atoms in total. The first-order valence-electron chi connectivity index (χ1n) is 6.92. The Bertz CT molecular complexity index is 415. The van der Waals surface area contributed by atoms with Gasteiger partial charge in [-0.05, 0) is 36.8 Å². The fourth-order valence-corrected chi connectivity index (χ4v) is 2.44. The van der Waals surface area contributed by atoms with Gasteiger partial charge in [-0.2, -0.15) is 0 Å². The van der Waals surface area contributed by atoms with E-state index in [2.05, 4.69) is 28.8 Å². The summed E-state index contributed by atoms with van der Waals surface area (Å²) in [4.78, 5) is 11.4. The predicted molar refractivity (Wildman–Crippen MR) is 74.9 cm³/mol. The number of para-hydroxylation sites is 1. The minimum atomic E-state index is 0.162. The van der Waals surface area contributed by atoms with Crippen LogP contribution in [0.4, 0.5) is 5.69 Å². The van der Waals surface area contributed by atoms with Crippen LogP contribution in [0.5, 0.6) is 0 Å². The summed E-state index contributed by atoms with van der Waals surface area (Å²) < 4.78 is 0. The van der Waals surface area contributed by atoms with Crippen LogP contribution in [0.25, 0.3) is 0 Å². The van der Waals surface area contributed by atoms with Crippen molar-refractivity contribution in [3.05, 3.63) is 29.3 Å². The van der Waals surface area contributed by atoms with Crippen molar-refractivity contribution in [2.24, 2.45) is 0 Å². The van der Waals surface area contributed by atoms with Gasteiger partial charge in [-0.3, -0.25) is 4.79 Å². The molecule has 0 aromatic heterocycles. The van der Waals surface area contributed by atoms with Crippen LogP contribution in [0.2, 0.25) is 0 Å². The highest BCUT2D eigenvalue weighted by atomic mass is 16.1. The first kappa shape index (κ1) is 12.9. The molecule has 0 atom stereocenters. The van der Waals surface area contributed by atoms with Crippen LogP contribution in [0.15, 0.2) is 18.2 Å². The SMILES string of the molecule is CCCC(=O)NCCc1cccc2c1NCCC2. The van der Waals surface area contributed by atoms with E-state index in [0.717, 1.165) is 25.9 Å². The molecule has 0 aliphatic carbocycles. The highest BCUT2D eigenvalue weighted by Crippen LogP contribution is 2.26. The van der Waals surface area contributed by atoms with Crippen molar-refractivity contribution >= 4 is 11.6 Å². The van der Waals surface area contributed by atoms with Crippen molar-refractivity contribution in [1.82, 2.24) is 5.32 Å². The fourth-order valence-electron chi connectivity index (χ4n) is 2.44. The van der Waals surface area contributed by atoms with E-state index in [4.69, 9.17) is 0 Å². The zero-order valence-corrected chi connectivity index (χ0v) is 11.1. The van der Waals surface area contributed by atoms with Gasteiger partial charge in [0.2, 0.25) is 5.91 Å². The maximum absolute atomic E-state index is 11.4. The number of hydrogen-bond donors (Lipinski definition) is 2. The van der Waals surface area contributed by atoms with Gasteiger partial charge in [-0.15, -0.1) is 0 Å². The molecule has 0 saturated carbocycles. The van der Waals surface area contributed by atoms with Crippen molar-refractivity contribution in [1.29, 1.82) is 0 Å². The summed E-state index contributed by atoms with van der Waals surface area (Å²) in [5.41, 5.74) is 4.04. The lowest BCUT2D eigenvalue weighted by Gasteiger charge is -2.21. The van der Waals surface area contributed by atoms with Crippen LogP contribution in [-0.4, -0.2) is 19.0 Å². The number of aryl methyl sites for hydroxylation is 1. The number of nitrogens with one attached hydrogen (secondary N) is 2. The van der Waals surface area contributed by atoms with E-state index >= 15 is 0 Å². The van der Waals surface area contributed by atoms with Gasteiger partial charge in [-0.25, -0.2) is 0 Å². The first-order valence-corrected chi connectivity index (χ1v) is 6.92. The van der Waals surface area contributed by atoms with E-state index < -0.39 is 0 Å². The van der Waals surface area contributed by atoms with Crippen molar-refractivity contribution in [2.45, 2.75) is 39.0 Å². The lowest BCUT2D eigenvalue weighted by Crippen LogP contribution is -2.25. The molecule has 0 saturated heterocycles. The second kappa shape index (κ2) is 6.43. The Balaban J connectivity index is 1.91. The first-order chi connectivity index (χ1) is 8.81. The molecule has 2 rings (SSSR count). The van der Waals surface area contributed by atoms with E-state index in [9.17, 15) is 4.79 Å². The molecule has 0 fully saturated rings. The van der Waals surface area contributed by atoms with Crippen LogP contribution < -0.4 is 10.6 Å². The molecule has 18 heavy (non-hydrogen) atoms. The minimum absolute atomic E-state index is 0.162. The maximum Gasteiger partial charge on any atom is 0.219 e. The second-order valence-electron chi connectivity index (χ2n) is 4.83. The summed E-state index contributed by atoms with van der Waals surface area (Å²) >= 11 is 0. The van der Waals surface area contributed by atoms with Crippen LogP contribution in [0.1, 0.15) is 37.3 Å². The van der Waals surface area contributed by atoms with Crippen molar-refractivity contribution in [2.75, 3.05) is 18.4 Å². The molecule has 1 aliphatic heterocycles. The topological polar surface area (TPSA) is 41.1 Å². The Morgan fingerprint density at radius 1 is 1.44 bits per heavy atom. The number of amides is 1. The Hall–Kier alpha value is -1.51. The third-order valence-electron chi connectivity index (χ3n) is 3.36. The van der Waals surface area contributed by atoms with Gasteiger partial charge >= 0.3 is 0 Å². The minimum Gasteiger partial charge on any atom is -0.385 e. The predicted octanol–water partition coefficient (Wildman–Crippen LogP) is 2.50. The summed E-state index contributed by atoms with van der Waals surface area (Å²) in [6.45, 7) is 3.82. The van der Waals surface area contributed by atoms with Crippen LogP contribution in [0, 0.1) is 0 Å². The lowest BCUT2D eigenvalue weighted by molar-refractivity contribution is -0.121. The molecule has 3 heteroatoms. The van der Waals surface area contributed by atoms with Gasteiger partial charge in [-0.1, -0.05) is 25.1 Å². The zero-order chi connectivity index (χ0) is 12.8. The van der Waals surface area contributed by atoms with Crippen molar-refractivity contribution in [3.8, 4) is 0 Å². The Morgan fingerprint density at radius 2 is 2.33 bits per heavy atom. The largest absolute Gasteiger partial charge is 0.385 e.